The molecule has 118 valence electrons. The van der Waals surface area contributed by atoms with Crippen molar-refractivity contribution in [3.05, 3.63) is 11.8 Å². The molecule has 3 nitrogen and oxygen atoms in total. The highest BCUT2D eigenvalue weighted by Gasteiger charge is 2.41. The molecule has 1 saturated heterocycles. The van der Waals surface area contributed by atoms with Gasteiger partial charge in [0.15, 0.2) is 0 Å². The predicted octanol–water partition coefficient (Wildman–Crippen LogP) is 3.65. The highest BCUT2D eigenvalue weighted by Crippen LogP contribution is 2.44. The Labute approximate surface area is 128 Å². The molecule has 2 aliphatic carbocycles. The summed E-state index contributed by atoms with van der Waals surface area (Å²) in [6.45, 7) is 6.96. The van der Waals surface area contributed by atoms with Crippen molar-refractivity contribution in [1.82, 2.24) is 5.32 Å². The van der Waals surface area contributed by atoms with Crippen molar-refractivity contribution >= 4 is 5.97 Å². The molecule has 1 N–H and O–H groups in total. The molecule has 3 heteroatoms. The zero-order valence-corrected chi connectivity index (χ0v) is 13.7. The van der Waals surface area contributed by atoms with E-state index in [-0.39, 0.29) is 12.1 Å². The molecule has 1 heterocycles. The number of rotatable bonds is 1. The zero-order valence-electron chi connectivity index (χ0n) is 13.7. The van der Waals surface area contributed by atoms with E-state index >= 15 is 0 Å². The summed E-state index contributed by atoms with van der Waals surface area (Å²) in [5.41, 5.74) is 1.08. The summed E-state index contributed by atoms with van der Waals surface area (Å²) >= 11 is 0. The van der Waals surface area contributed by atoms with Crippen LogP contribution < -0.4 is 5.32 Å². The Kier molecular flexibility index (Phi) is 4.02. The Morgan fingerprint density at radius 2 is 2.05 bits per heavy atom. The standard InChI is InChI=1S/C18H29NO2/c1-18(2,3)17(20)21-16-8-4-6-12-11-15-13(10-14(12)16)7-5-9-19-15/h11-14,16,19H,4-10H2,1-3H3. The molecular formula is C18H29NO2. The first-order chi connectivity index (χ1) is 9.95. The van der Waals surface area contributed by atoms with E-state index in [9.17, 15) is 4.79 Å². The van der Waals surface area contributed by atoms with Crippen LogP contribution in [0, 0.1) is 23.2 Å². The third-order valence-electron chi connectivity index (χ3n) is 5.37. The largest absolute Gasteiger partial charge is 0.462 e. The van der Waals surface area contributed by atoms with Crippen molar-refractivity contribution in [2.45, 2.75) is 65.4 Å². The monoisotopic (exact) mass is 291 g/mol. The fraction of sp³-hybridized carbons (Fsp3) is 0.833. The summed E-state index contributed by atoms with van der Waals surface area (Å²) in [5, 5.41) is 3.59. The van der Waals surface area contributed by atoms with Crippen LogP contribution in [0.5, 0.6) is 0 Å². The Morgan fingerprint density at radius 3 is 2.81 bits per heavy atom. The summed E-state index contributed by atoms with van der Waals surface area (Å²) in [4.78, 5) is 12.2. The molecule has 1 saturated carbocycles. The van der Waals surface area contributed by atoms with E-state index in [1.165, 1.54) is 37.8 Å². The Morgan fingerprint density at radius 1 is 1.24 bits per heavy atom. The molecule has 0 amide bonds. The molecule has 4 atom stereocenters. The zero-order chi connectivity index (χ0) is 15.0. The van der Waals surface area contributed by atoms with Crippen LogP contribution in [-0.2, 0) is 9.53 Å². The number of piperidine rings is 1. The fourth-order valence-corrected chi connectivity index (χ4v) is 4.13. The molecule has 4 unspecified atom stereocenters. The van der Waals surface area contributed by atoms with Crippen molar-refractivity contribution < 1.29 is 9.53 Å². The lowest BCUT2D eigenvalue weighted by Crippen LogP contribution is -2.43. The van der Waals surface area contributed by atoms with Gasteiger partial charge in [-0.15, -0.1) is 0 Å². The average molecular weight is 291 g/mol. The minimum absolute atomic E-state index is 0.0373. The maximum atomic E-state index is 12.2. The van der Waals surface area contributed by atoms with Gasteiger partial charge in [0.1, 0.15) is 6.10 Å². The van der Waals surface area contributed by atoms with Crippen LogP contribution in [0.2, 0.25) is 0 Å². The lowest BCUT2D eigenvalue weighted by Gasteiger charge is -2.44. The molecule has 2 fully saturated rings. The number of esters is 1. The lowest BCUT2D eigenvalue weighted by molar-refractivity contribution is -0.165. The van der Waals surface area contributed by atoms with E-state index in [1.54, 1.807) is 0 Å². The number of ether oxygens (including phenoxy) is 1. The van der Waals surface area contributed by atoms with Gasteiger partial charge < -0.3 is 10.1 Å². The van der Waals surface area contributed by atoms with Crippen LogP contribution in [0.1, 0.15) is 59.3 Å². The Hall–Kier alpha value is -0.990. The number of fused-ring (bicyclic) bond motifs is 2. The average Bonchev–Trinajstić information content (AvgIpc) is 2.44. The number of carbonyl (C=O) groups is 1. The van der Waals surface area contributed by atoms with Gasteiger partial charge in [-0.3, -0.25) is 4.79 Å². The van der Waals surface area contributed by atoms with Gasteiger partial charge in [0.25, 0.3) is 0 Å². The molecular weight excluding hydrogens is 262 g/mol. The van der Waals surface area contributed by atoms with E-state index in [0.717, 1.165) is 13.0 Å². The maximum absolute atomic E-state index is 12.2. The van der Waals surface area contributed by atoms with Crippen LogP contribution in [0.25, 0.3) is 0 Å². The van der Waals surface area contributed by atoms with Gasteiger partial charge in [0, 0.05) is 18.2 Å². The van der Waals surface area contributed by atoms with Gasteiger partial charge >= 0.3 is 5.97 Å². The van der Waals surface area contributed by atoms with Gasteiger partial charge in [0.2, 0.25) is 0 Å². The van der Waals surface area contributed by atoms with Gasteiger partial charge in [-0.25, -0.2) is 0 Å². The summed E-state index contributed by atoms with van der Waals surface area (Å²) in [5.74, 6) is 1.78. The number of allylic oxidation sites excluding steroid dienone is 2. The molecule has 0 aromatic carbocycles. The fourth-order valence-electron chi connectivity index (χ4n) is 4.13. The molecule has 0 aromatic rings. The van der Waals surface area contributed by atoms with E-state index in [4.69, 9.17) is 4.74 Å². The Balaban J connectivity index is 1.72. The van der Waals surface area contributed by atoms with Crippen molar-refractivity contribution in [3.63, 3.8) is 0 Å². The number of nitrogens with one attached hydrogen (secondary N) is 1. The normalized spacial score (nSPS) is 35.9. The van der Waals surface area contributed by atoms with E-state index < -0.39 is 5.41 Å². The van der Waals surface area contributed by atoms with Crippen LogP contribution in [0.15, 0.2) is 11.8 Å². The van der Waals surface area contributed by atoms with Gasteiger partial charge in [-0.2, -0.15) is 0 Å². The molecule has 0 bridgehead atoms. The van der Waals surface area contributed by atoms with Crippen LogP contribution >= 0.6 is 0 Å². The van der Waals surface area contributed by atoms with Crippen molar-refractivity contribution in [2.75, 3.05) is 6.54 Å². The smallest absolute Gasteiger partial charge is 0.311 e. The van der Waals surface area contributed by atoms with Crippen LogP contribution in [0.4, 0.5) is 0 Å². The molecule has 0 radical (unpaired) electrons. The quantitative estimate of drug-likeness (QED) is 0.749. The first-order valence-corrected chi connectivity index (χ1v) is 8.62. The van der Waals surface area contributed by atoms with Crippen molar-refractivity contribution in [1.29, 1.82) is 0 Å². The van der Waals surface area contributed by atoms with Crippen molar-refractivity contribution in [3.8, 4) is 0 Å². The second-order valence-electron chi connectivity index (χ2n) is 8.08. The SMILES string of the molecule is CC(C)(C)C(=O)OC1CCCC2C=C3NCCCC3CC21. The van der Waals surface area contributed by atoms with E-state index in [1.807, 2.05) is 20.8 Å². The summed E-state index contributed by atoms with van der Waals surface area (Å²) in [7, 11) is 0. The topological polar surface area (TPSA) is 38.3 Å². The minimum Gasteiger partial charge on any atom is -0.462 e. The number of carbonyl (C=O) groups excluding carboxylic acids is 1. The second-order valence-corrected chi connectivity index (χ2v) is 8.08. The van der Waals surface area contributed by atoms with Crippen LogP contribution in [-0.4, -0.2) is 18.6 Å². The molecule has 0 spiro atoms. The highest BCUT2D eigenvalue weighted by molar-refractivity contribution is 5.75. The maximum Gasteiger partial charge on any atom is 0.311 e. The summed E-state index contributed by atoms with van der Waals surface area (Å²) in [6.07, 6.45) is 9.85. The minimum atomic E-state index is -0.394. The molecule has 3 rings (SSSR count). The first kappa shape index (κ1) is 14.9. The molecule has 21 heavy (non-hydrogen) atoms. The molecule has 0 aromatic heterocycles. The van der Waals surface area contributed by atoms with Crippen molar-refractivity contribution in [2.24, 2.45) is 23.2 Å². The van der Waals surface area contributed by atoms with Gasteiger partial charge in [0.05, 0.1) is 5.41 Å². The van der Waals surface area contributed by atoms with Gasteiger partial charge in [-0.1, -0.05) is 6.08 Å². The molecule has 1 aliphatic heterocycles. The summed E-state index contributed by atoms with van der Waals surface area (Å²) in [6, 6.07) is 0. The third-order valence-corrected chi connectivity index (χ3v) is 5.37. The highest BCUT2D eigenvalue weighted by atomic mass is 16.5. The Bertz CT molecular complexity index is 435. The van der Waals surface area contributed by atoms with E-state index in [2.05, 4.69) is 11.4 Å². The van der Waals surface area contributed by atoms with Gasteiger partial charge in [-0.05, 0) is 71.1 Å². The molecule has 3 aliphatic rings. The number of hydrogen-bond donors (Lipinski definition) is 1. The number of hydrogen-bond acceptors (Lipinski definition) is 3. The first-order valence-electron chi connectivity index (χ1n) is 8.62. The van der Waals surface area contributed by atoms with E-state index in [0.29, 0.717) is 17.8 Å². The third kappa shape index (κ3) is 3.12. The van der Waals surface area contributed by atoms with Crippen LogP contribution in [0.3, 0.4) is 0 Å². The second kappa shape index (κ2) is 5.66. The predicted molar refractivity (Wildman–Crippen MR) is 83.6 cm³/mol. The lowest BCUT2D eigenvalue weighted by atomic mass is 9.67. The summed E-state index contributed by atoms with van der Waals surface area (Å²) < 4.78 is 5.92.